The topological polar surface area (TPSA) is 178 Å². The fourth-order valence-corrected chi connectivity index (χ4v) is 2.05. The minimum atomic E-state index is -2.15. The first kappa shape index (κ1) is 18.1. The monoisotopic (exact) mass is 328 g/mol. The molecule has 0 saturated carbocycles. The smallest absolute Gasteiger partial charge is 0.324 e. The molecule has 0 atom stereocenters. The van der Waals surface area contributed by atoms with E-state index in [4.69, 9.17) is 20.4 Å². The van der Waals surface area contributed by atoms with Crippen LogP contribution >= 0.6 is 0 Å². The molecule has 0 unspecified atom stereocenters. The molecule has 1 heterocycles. The molecule has 0 aliphatic heterocycles. The van der Waals surface area contributed by atoms with Gasteiger partial charge in [-0.05, 0) is 6.42 Å². The SMILES string of the molecule is CCCCc1nc(C(C(=O)O)C(=O)O)c(C(C(=O)O)C(=O)O)[nH]1. The standard InChI is InChI=1S/C13H16N2O8/c1-2-3-4-5-14-8(6(10(16)17)11(18)19)9(15-5)7(12(20)21)13(22)23/h6-7H,2-4H2,1H3,(H,14,15)(H,16,17)(H,18,19)(H,20,21)(H,22,23). The first-order valence-corrected chi connectivity index (χ1v) is 6.70. The lowest BCUT2D eigenvalue weighted by Gasteiger charge is -2.10. The molecular formula is C13H16N2O8. The summed E-state index contributed by atoms with van der Waals surface area (Å²) in [5.41, 5.74) is -1.14. The predicted molar refractivity (Wildman–Crippen MR) is 73.2 cm³/mol. The Hall–Kier alpha value is -2.91. The van der Waals surface area contributed by atoms with Crippen molar-refractivity contribution >= 4 is 23.9 Å². The number of imidazole rings is 1. The average Bonchev–Trinajstić information content (AvgIpc) is 2.78. The minimum absolute atomic E-state index is 0.150. The van der Waals surface area contributed by atoms with Crippen molar-refractivity contribution < 1.29 is 39.6 Å². The lowest BCUT2D eigenvalue weighted by molar-refractivity contribution is -0.153. The molecule has 0 aromatic carbocycles. The molecule has 0 amide bonds. The van der Waals surface area contributed by atoms with Gasteiger partial charge in [0, 0.05) is 6.42 Å². The van der Waals surface area contributed by atoms with E-state index in [1.807, 2.05) is 6.92 Å². The molecular weight excluding hydrogens is 312 g/mol. The van der Waals surface area contributed by atoms with E-state index in [0.717, 1.165) is 6.42 Å². The van der Waals surface area contributed by atoms with Crippen molar-refractivity contribution in [3.8, 4) is 0 Å². The number of rotatable bonds is 9. The summed E-state index contributed by atoms with van der Waals surface area (Å²) in [5, 5.41) is 36.2. The number of carboxylic acid groups (broad SMARTS) is 4. The molecule has 0 bridgehead atoms. The highest BCUT2D eigenvalue weighted by Gasteiger charge is 2.40. The zero-order valence-corrected chi connectivity index (χ0v) is 12.1. The molecule has 0 radical (unpaired) electrons. The Bertz CT molecular complexity index is 558. The zero-order valence-electron chi connectivity index (χ0n) is 12.1. The molecule has 10 nitrogen and oxygen atoms in total. The van der Waals surface area contributed by atoms with E-state index >= 15 is 0 Å². The summed E-state index contributed by atoms with van der Waals surface area (Å²) in [6, 6.07) is 0. The number of unbranched alkanes of at least 4 members (excludes halogenated alkanes) is 1. The molecule has 23 heavy (non-hydrogen) atoms. The average molecular weight is 328 g/mol. The van der Waals surface area contributed by atoms with Crippen LogP contribution in [0.4, 0.5) is 0 Å². The highest BCUT2D eigenvalue weighted by atomic mass is 16.4. The number of H-pyrrole nitrogens is 1. The molecule has 1 rings (SSSR count). The van der Waals surface area contributed by atoms with Gasteiger partial charge in [0.05, 0.1) is 11.4 Å². The molecule has 0 aliphatic carbocycles. The van der Waals surface area contributed by atoms with Crippen LogP contribution < -0.4 is 0 Å². The van der Waals surface area contributed by atoms with Crippen molar-refractivity contribution in [1.82, 2.24) is 9.97 Å². The van der Waals surface area contributed by atoms with Crippen LogP contribution in [0.5, 0.6) is 0 Å². The highest BCUT2D eigenvalue weighted by molar-refractivity contribution is 6.02. The van der Waals surface area contributed by atoms with E-state index in [2.05, 4.69) is 9.97 Å². The molecule has 0 fully saturated rings. The maximum Gasteiger partial charge on any atom is 0.324 e. The molecule has 5 N–H and O–H groups in total. The lowest BCUT2D eigenvalue weighted by Crippen LogP contribution is -2.27. The Morgan fingerprint density at radius 3 is 1.83 bits per heavy atom. The minimum Gasteiger partial charge on any atom is -0.480 e. The molecule has 126 valence electrons. The number of aromatic amines is 1. The Morgan fingerprint density at radius 1 is 0.957 bits per heavy atom. The van der Waals surface area contributed by atoms with Crippen LogP contribution in [0.25, 0.3) is 0 Å². The van der Waals surface area contributed by atoms with Gasteiger partial charge in [-0.2, -0.15) is 0 Å². The van der Waals surface area contributed by atoms with E-state index in [9.17, 15) is 19.2 Å². The number of aryl methyl sites for hydroxylation is 1. The summed E-state index contributed by atoms with van der Waals surface area (Å²) in [6.07, 6.45) is 1.69. The number of hydrogen-bond donors (Lipinski definition) is 5. The summed E-state index contributed by atoms with van der Waals surface area (Å²) in [5.74, 6) is -11.2. The molecule has 10 heteroatoms. The number of nitrogens with zero attached hydrogens (tertiary/aromatic N) is 1. The third-order valence-corrected chi connectivity index (χ3v) is 3.13. The van der Waals surface area contributed by atoms with Gasteiger partial charge in [-0.1, -0.05) is 13.3 Å². The number of carbonyl (C=O) groups is 4. The van der Waals surface area contributed by atoms with E-state index in [-0.39, 0.29) is 5.82 Å². The number of aliphatic carboxylic acids is 4. The second-order valence-corrected chi connectivity index (χ2v) is 4.80. The van der Waals surface area contributed by atoms with E-state index in [1.165, 1.54) is 0 Å². The zero-order chi connectivity index (χ0) is 17.7. The summed E-state index contributed by atoms with van der Waals surface area (Å²) in [4.78, 5) is 50.9. The third kappa shape index (κ3) is 4.05. The van der Waals surface area contributed by atoms with Crippen molar-refractivity contribution in [2.45, 2.75) is 38.0 Å². The molecule has 1 aromatic rings. The Balaban J connectivity index is 3.49. The van der Waals surface area contributed by atoms with Gasteiger partial charge in [0.2, 0.25) is 0 Å². The number of aromatic nitrogens is 2. The summed E-state index contributed by atoms with van der Waals surface area (Å²) < 4.78 is 0. The quantitative estimate of drug-likeness (QED) is 0.397. The van der Waals surface area contributed by atoms with Gasteiger partial charge < -0.3 is 25.4 Å². The second kappa shape index (κ2) is 7.38. The largest absolute Gasteiger partial charge is 0.480 e. The molecule has 0 aliphatic rings. The molecule has 1 aromatic heterocycles. The second-order valence-electron chi connectivity index (χ2n) is 4.80. The van der Waals surface area contributed by atoms with Crippen LogP contribution in [-0.4, -0.2) is 54.3 Å². The fourth-order valence-electron chi connectivity index (χ4n) is 2.05. The van der Waals surface area contributed by atoms with Gasteiger partial charge in [0.25, 0.3) is 0 Å². The first-order chi connectivity index (χ1) is 10.7. The Morgan fingerprint density at radius 2 is 1.43 bits per heavy atom. The van der Waals surface area contributed by atoms with Crippen molar-refractivity contribution in [1.29, 1.82) is 0 Å². The van der Waals surface area contributed by atoms with Gasteiger partial charge >= 0.3 is 23.9 Å². The van der Waals surface area contributed by atoms with Crippen molar-refractivity contribution in [2.75, 3.05) is 0 Å². The number of nitrogens with one attached hydrogen (secondary N) is 1. The third-order valence-electron chi connectivity index (χ3n) is 3.13. The number of carboxylic acids is 4. The summed E-state index contributed by atoms with van der Waals surface area (Å²) >= 11 is 0. The highest BCUT2D eigenvalue weighted by Crippen LogP contribution is 2.27. The van der Waals surface area contributed by atoms with Crippen LogP contribution in [0.3, 0.4) is 0 Å². The van der Waals surface area contributed by atoms with Crippen molar-refractivity contribution in [3.63, 3.8) is 0 Å². The predicted octanol–water partition coefficient (Wildman–Crippen LogP) is 0.258. The van der Waals surface area contributed by atoms with Crippen LogP contribution in [0.2, 0.25) is 0 Å². The maximum atomic E-state index is 11.2. The van der Waals surface area contributed by atoms with E-state index in [1.54, 1.807) is 0 Å². The van der Waals surface area contributed by atoms with E-state index in [0.29, 0.717) is 12.8 Å². The number of hydrogen-bond acceptors (Lipinski definition) is 5. The van der Waals surface area contributed by atoms with Crippen molar-refractivity contribution in [2.24, 2.45) is 0 Å². The Labute approximate surface area is 129 Å². The summed E-state index contributed by atoms with van der Waals surface area (Å²) in [6.45, 7) is 1.87. The van der Waals surface area contributed by atoms with Crippen LogP contribution in [0.15, 0.2) is 0 Å². The summed E-state index contributed by atoms with van der Waals surface area (Å²) in [7, 11) is 0. The van der Waals surface area contributed by atoms with Crippen LogP contribution in [0.1, 0.15) is 48.8 Å². The normalized spacial score (nSPS) is 10.9. The van der Waals surface area contributed by atoms with Gasteiger partial charge in [-0.25, -0.2) is 4.98 Å². The van der Waals surface area contributed by atoms with Gasteiger partial charge in [0.15, 0.2) is 11.8 Å². The lowest BCUT2D eigenvalue weighted by atomic mass is 9.96. The van der Waals surface area contributed by atoms with Gasteiger partial charge in [-0.3, -0.25) is 19.2 Å². The van der Waals surface area contributed by atoms with Gasteiger partial charge in [-0.15, -0.1) is 0 Å². The van der Waals surface area contributed by atoms with Crippen LogP contribution in [-0.2, 0) is 25.6 Å². The fraction of sp³-hybridized carbons (Fsp3) is 0.462. The first-order valence-electron chi connectivity index (χ1n) is 6.70. The van der Waals surface area contributed by atoms with E-state index < -0.39 is 47.1 Å². The van der Waals surface area contributed by atoms with Crippen LogP contribution in [0, 0.1) is 0 Å². The maximum absolute atomic E-state index is 11.2. The molecule has 0 saturated heterocycles. The van der Waals surface area contributed by atoms with Gasteiger partial charge in [0.1, 0.15) is 5.82 Å². The Kier molecular flexibility index (Phi) is 5.82. The molecule has 0 spiro atoms. The van der Waals surface area contributed by atoms with Crippen molar-refractivity contribution in [3.05, 3.63) is 17.2 Å².